The van der Waals surface area contributed by atoms with Gasteiger partial charge in [-0.05, 0) is 29.3 Å². The van der Waals surface area contributed by atoms with Crippen LogP contribution >= 0.6 is 45.8 Å². The summed E-state index contributed by atoms with van der Waals surface area (Å²) in [6, 6.07) is 6.86. The van der Waals surface area contributed by atoms with Gasteiger partial charge in [0.25, 0.3) is 0 Å². The van der Waals surface area contributed by atoms with E-state index in [0.717, 1.165) is 5.56 Å². The zero-order valence-corrected chi connectivity index (χ0v) is 21.5. The second kappa shape index (κ2) is 9.49. The molecule has 4 N–H and O–H groups in total. The summed E-state index contributed by atoms with van der Waals surface area (Å²) in [5.74, 6) is 0.231. The predicted molar refractivity (Wildman–Crippen MR) is 135 cm³/mol. The summed E-state index contributed by atoms with van der Waals surface area (Å²) in [6.07, 6.45) is -0.619. The van der Waals surface area contributed by atoms with Crippen molar-refractivity contribution in [2.75, 3.05) is 12.4 Å². The molecule has 5 atom stereocenters. The number of rotatable bonds is 6. The zero-order chi connectivity index (χ0) is 23.9. The summed E-state index contributed by atoms with van der Waals surface area (Å²) in [5.41, 5.74) is 1.00. The molecule has 1 amide bonds. The molecule has 1 fully saturated rings. The van der Waals surface area contributed by atoms with Crippen LogP contribution in [-0.4, -0.2) is 58.8 Å². The quantitative estimate of drug-likeness (QED) is 0.194. The van der Waals surface area contributed by atoms with Crippen LogP contribution in [0, 0.1) is 5.41 Å². The number of hydrogen-bond donors (Lipinski definition) is 4. The second-order valence-corrected chi connectivity index (χ2v) is 10.4. The number of alkyl halides is 1. The van der Waals surface area contributed by atoms with Gasteiger partial charge in [-0.2, -0.15) is 9.97 Å². The van der Waals surface area contributed by atoms with Gasteiger partial charge in [0.15, 0.2) is 17.0 Å². The molecule has 1 aliphatic rings. The van der Waals surface area contributed by atoms with Crippen LogP contribution in [0.15, 0.2) is 30.6 Å². The molecule has 0 spiro atoms. The van der Waals surface area contributed by atoms with E-state index in [9.17, 15) is 15.0 Å². The Morgan fingerprint density at radius 1 is 1.30 bits per heavy atom. The van der Waals surface area contributed by atoms with Crippen molar-refractivity contribution in [3.8, 4) is 0 Å². The third-order valence-electron chi connectivity index (χ3n) is 6.16. The lowest BCUT2D eigenvalue weighted by Gasteiger charge is -2.31. The van der Waals surface area contributed by atoms with Crippen molar-refractivity contribution in [1.29, 1.82) is 0 Å². The van der Waals surface area contributed by atoms with Gasteiger partial charge in [-0.3, -0.25) is 4.79 Å². The minimum Gasteiger partial charge on any atom is -0.390 e. The molecule has 2 aromatic heterocycles. The summed E-state index contributed by atoms with van der Waals surface area (Å²) in [7, 11) is 1.54. The summed E-state index contributed by atoms with van der Waals surface area (Å²) < 4.78 is 1.40. The normalized spacial score (nSPS) is 27.1. The van der Waals surface area contributed by atoms with Gasteiger partial charge in [0.1, 0.15) is 6.10 Å². The largest absolute Gasteiger partial charge is 0.390 e. The summed E-state index contributed by atoms with van der Waals surface area (Å²) in [5, 5.41) is 28.3. The van der Waals surface area contributed by atoms with E-state index in [-0.39, 0.29) is 21.5 Å². The number of aromatic nitrogens is 4. The number of amides is 1. The second-order valence-electron chi connectivity index (χ2n) is 8.33. The van der Waals surface area contributed by atoms with Crippen LogP contribution in [0.5, 0.6) is 0 Å². The fourth-order valence-electron chi connectivity index (χ4n) is 4.31. The minimum absolute atomic E-state index is 0.0176. The molecule has 0 radical (unpaired) electrons. The van der Waals surface area contributed by atoms with Crippen LogP contribution in [0.3, 0.4) is 0 Å². The van der Waals surface area contributed by atoms with Crippen molar-refractivity contribution in [2.45, 2.75) is 42.1 Å². The molecule has 33 heavy (non-hydrogen) atoms. The van der Waals surface area contributed by atoms with E-state index in [1.165, 1.54) is 0 Å². The molecule has 3 unspecified atom stereocenters. The van der Waals surface area contributed by atoms with Gasteiger partial charge in [0.05, 0.1) is 18.5 Å². The van der Waals surface area contributed by atoms with Crippen LogP contribution in [-0.2, 0) is 11.3 Å². The molecule has 2 heterocycles. The summed E-state index contributed by atoms with van der Waals surface area (Å²) >= 11 is 14.5. The smallest absolute Gasteiger partial charge is 0.226 e. The van der Waals surface area contributed by atoms with Crippen LogP contribution in [0.2, 0.25) is 10.3 Å². The molecule has 4 rings (SSSR count). The molecule has 0 saturated heterocycles. The molecular formula is C21H23Cl2IN6O3. The molecule has 12 heteroatoms. The number of aliphatic hydroxyl groups excluding tert-OH is 2. The van der Waals surface area contributed by atoms with Crippen molar-refractivity contribution in [3.05, 3.63) is 46.5 Å². The van der Waals surface area contributed by atoms with Gasteiger partial charge in [-0.15, -0.1) is 0 Å². The number of carbonyl (C=O) groups is 1. The first kappa shape index (κ1) is 24.4. The number of hydrogen-bond acceptors (Lipinski definition) is 7. The summed E-state index contributed by atoms with van der Waals surface area (Å²) in [4.78, 5) is 25.2. The topological polar surface area (TPSA) is 125 Å². The van der Waals surface area contributed by atoms with Crippen LogP contribution < -0.4 is 10.6 Å². The number of nitrogens with zero attached hydrogens (tertiary/aromatic N) is 4. The van der Waals surface area contributed by atoms with E-state index in [0.29, 0.717) is 28.5 Å². The lowest BCUT2D eigenvalue weighted by molar-refractivity contribution is -0.124. The van der Waals surface area contributed by atoms with E-state index in [2.05, 4.69) is 48.2 Å². The van der Waals surface area contributed by atoms with E-state index >= 15 is 0 Å². The maximum Gasteiger partial charge on any atom is 0.226 e. The fourth-order valence-corrected chi connectivity index (χ4v) is 6.05. The highest BCUT2D eigenvalue weighted by atomic mass is 127. The lowest BCUT2D eigenvalue weighted by Crippen LogP contribution is -2.40. The van der Waals surface area contributed by atoms with Gasteiger partial charge < -0.3 is 25.4 Å². The Morgan fingerprint density at radius 2 is 2.06 bits per heavy atom. The van der Waals surface area contributed by atoms with E-state index < -0.39 is 23.7 Å². The zero-order valence-electron chi connectivity index (χ0n) is 17.8. The van der Waals surface area contributed by atoms with Crippen molar-refractivity contribution < 1.29 is 15.0 Å². The molecule has 1 aromatic carbocycles. The Bertz CT molecular complexity index is 1190. The van der Waals surface area contributed by atoms with Gasteiger partial charge in [0.2, 0.25) is 11.2 Å². The first-order valence-corrected chi connectivity index (χ1v) is 12.2. The molecule has 176 valence electrons. The maximum atomic E-state index is 12.1. The molecule has 1 aliphatic carbocycles. The Labute approximate surface area is 214 Å². The van der Waals surface area contributed by atoms with Crippen molar-refractivity contribution in [3.63, 3.8) is 0 Å². The number of fused-ring (bicyclic) bond motifs is 1. The maximum absolute atomic E-state index is 12.1. The Balaban J connectivity index is 1.68. The number of halogens is 3. The van der Waals surface area contributed by atoms with Crippen LogP contribution in [0.1, 0.15) is 24.9 Å². The highest BCUT2D eigenvalue weighted by Crippen LogP contribution is 2.51. The third-order valence-corrected chi connectivity index (χ3v) is 8.73. The average molecular weight is 605 g/mol. The molecule has 3 aromatic rings. The van der Waals surface area contributed by atoms with Crippen molar-refractivity contribution in [1.82, 2.24) is 24.8 Å². The van der Waals surface area contributed by atoms with Gasteiger partial charge >= 0.3 is 0 Å². The molecule has 0 aliphatic heterocycles. The number of nitrogens with one attached hydrogen (secondary N) is 2. The number of benzene rings is 1. The standard InChI is InChI=1S/C21H23Cl2IN6O3/c1-21(7-12(31)25-2)16(24)14(15(32)17(21)33)30-9-27-13-18(28-20(23)29-19(13)30)26-8-10-4-3-5-11(22)6-10/h3-6,9,14-17,32-33H,7-8H2,1-2H3,(H,25,31)(H,26,28,29)/t14-,15?,16?,17?,21+/m0/s1. The Hall–Kier alpha value is -1.73. The third kappa shape index (κ3) is 4.51. The van der Waals surface area contributed by atoms with Gasteiger partial charge in [-0.1, -0.05) is 53.2 Å². The lowest BCUT2D eigenvalue weighted by atomic mass is 9.82. The van der Waals surface area contributed by atoms with Crippen molar-refractivity contribution >= 4 is 68.7 Å². The van der Waals surface area contributed by atoms with Gasteiger partial charge in [-0.25, -0.2) is 4.98 Å². The van der Waals surface area contributed by atoms with E-state index in [1.807, 2.05) is 18.2 Å². The van der Waals surface area contributed by atoms with Crippen LogP contribution in [0.4, 0.5) is 5.82 Å². The first-order valence-electron chi connectivity index (χ1n) is 10.2. The number of aliphatic hydroxyl groups is 2. The summed E-state index contributed by atoms with van der Waals surface area (Å²) in [6.45, 7) is 2.24. The SMILES string of the molecule is CNC(=O)C[C@@]1(C)C(O)C(O)[C@H](n2cnc3c(NCc4cccc(Cl)c4)nc(Cl)nc32)C1I. The molecule has 0 bridgehead atoms. The number of anilines is 1. The Kier molecular flexibility index (Phi) is 7.02. The predicted octanol–water partition coefficient (Wildman–Crippen LogP) is 2.97. The first-order chi connectivity index (χ1) is 15.7. The molecular weight excluding hydrogens is 582 g/mol. The number of imidazole rings is 1. The van der Waals surface area contributed by atoms with Crippen LogP contribution in [0.25, 0.3) is 11.2 Å². The fraction of sp³-hybridized carbons (Fsp3) is 0.429. The van der Waals surface area contributed by atoms with Gasteiger partial charge in [0, 0.05) is 34.4 Å². The molecule has 1 saturated carbocycles. The van der Waals surface area contributed by atoms with Crippen molar-refractivity contribution in [2.24, 2.45) is 5.41 Å². The molecule has 9 nitrogen and oxygen atoms in total. The monoisotopic (exact) mass is 604 g/mol. The number of carbonyl (C=O) groups excluding carboxylic acids is 1. The minimum atomic E-state index is -1.13. The highest BCUT2D eigenvalue weighted by molar-refractivity contribution is 14.1. The Morgan fingerprint density at radius 3 is 2.76 bits per heavy atom. The highest BCUT2D eigenvalue weighted by Gasteiger charge is 2.57. The van der Waals surface area contributed by atoms with E-state index in [4.69, 9.17) is 23.2 Å². The van der Waals surface area contributed by atoms with E-state index in [1.54, 1.807) is 30.9 Å². The average Bonchev–Trinajstić information content (AvgIpc) is 3.25.